The van der Waals surface area contributed by atoms with Gasteiger partial charge < -0.3 is 0 Å². The summed E-state index contributed by atoms with van der Waals surface area (Å²) in [7, 11) is 2.29. The van der Waals surface area contributed by atoms with Crippen LogP contribution in [-0.2, 0) is 0 Å². The first-order chi connectivity index (χ1) is 4.34. The summed E-state index contributed by atoms with van der Waals surface area (Å²) in [6.07, 6.45) is 5.44. The van der Waals surface area contributed by atoms with Crippen molar-refractivity contribution in [1.82, 2.24) is 0 Å². The maximum atomic E-state index is 7.23. The summed E-state index contributed by atoms with van der Waals surface area (Å²) in [5.74, 6) is 1.55. The molecule has 0 radical (unpaired) electrons. The second kappa shape index (κ2) is 2.57. The van der Waals surface area contributed by atoms with Crippen molar-refractivity contribution in [3.8, 4) is 0 Å². The summed E-state index contributed by atoms with van der Waals surface area (Å²) in [5, 5.41) is 0. The Morgan fingerprint density at radius 3 is 2.75 bits per heavy atom. The molecule has 0 aromatic rings. The fraction of sp³-hybridized carbons (Fsp3) is 1.00. The molecule has 1 aliphatic rings. The Bertz CT molecular complexity index is 85.0. The third-order valence-corrected chi connectivity index (χ3v) is 2.29. The summed E-state index contributed by atoms with van der Waals surface area (Å²) in [4.78, 5) is 0. The molecular formula is C7H15B. The van der Waals surface area contributed by atoms with Crippen LogP contribution in [0, 0.1) is 5.92 Å². The monoisotopic (exact) mass is 111 g/mol. The summed E-state index contributed by atoms with van der Waals surface area (Å²) in [6.45, 7) is 0.654. The van der Waals surface area contributed by atoms with Crippen molar-refractivity contribution < 1.29 is 1.37 Å². The van der Waals surface area contributed by atoms with E-state index in [9.17, 15) is 0 Å². The quantitative estimate of drug-likeness (QED) is 0.416. The molecule has 0 N–H and O–H groups in total. The molecule has 2 atom stereocenters. The zero-order chi connectivity index (χ0) is 6.69. The fourth-order valence-electron chi connectivity index (χ4n) is 1.39. The van der Waals surface area contributed by atoms with E-state index in [0.717, 1.165) is 11.7 Å². The van der Waals surface area contributed by atoms with Crippen molar-refractivity contribution in [2.24, 2.45) is 5.92 Å². The average molecular weight is 111 g/mol. The minimum Gasteiger partial charge on any atom is -0.0672 e. The number of hydrogen-bond acceptors (Lipinski definition) is 0. The predicted molar refractivity (Wildman–Crippen MR) is 39.9 cm³/mol. The molecule has 1 aliphatic carbocycles. The lowest BCUT2D eigenvalue weighted by molar-refractivity contribution is 0.386. The van der Waals surface area contributed by atoms with Crippen LogP contribution in [-0.4, -0.2) is 7.85 Å². The Kier molecular flexibility index (Phi) is 1.57. The van der Waals surface area contributed by atoms with E-state index >= 15 is 0 Å². The largest absolute Gasteiger partial charge is 0.105 e. The third kappa shape index (κ3) is 1.27. The van der Waals surface area contributed by atoms with Crippen molar-refractivity contribution in [2.45, 2.75) is 38.4 Å². The van der Waals surface area contributed by atoms with E-state index in [1.807, 2.05) is 0 Å². The Labute approximate surface area is 54.5 Å². The molecule has 0 heterocycles. The lowest BCUT2D eigenvalue weighted by Gasteiger charge is -2.24. The SMILES string of the molecule is [2H]CC1CCCCC1B. The van der Waals surface area contributed by atoms with Crippen molar-refractivity contribution >= 4 is 7.85 Å². The van der Waals surface area contributed by atoms with Gasteiger partial charge in [-0.1, -0.05) is 38.4 Å². The molecule has 1 rings (SSSR count). The maximum Gasteiger partial charge on any atom is 0.105 e. The Hall–Kier alpha value is 0.0649. The van der Waals surface area contributed by atoms with Crippen LogP contribution in [0.25, 0.3) is 0 Å². The van der Waals surface area contributed by atoms with Crippen molar-refractivity contribution in [3.05, 3.63) is 0 Å². The lowest BCUT2D eigenvalue weighted by atomic mass is 9.69. The molecule has 2 unspecified atom stereocenters. The van der Waals surface area contributed by atoms with Gasteiger partial charge in [0, 0.05) is 1.37 Å². The van der Waals surface area contributed by atoms with Crippen LogP contribution in [0.4, 0.5) is 0 Å². The van der Waals surface area contributed by atoms with Gasteiger partial charge in [0.25, 0.3) is 0 Å². The van der Waals surface area contributed by atoms with Crippen LogP contribution in [0.1, 0.15) is 34.0 Å². The summed E-state index contributed by atoms with van der Waals surface area (Å²) < 4.78 is 7.23. The molecule has 0 aliphatic heterocycles. The molecule has 0 nitrogen and oxygen atoms in total. The van der Waals surface area contributed by atoms with E-state index < -0.39 is 0 Å². The third-order valence-electron chi connectivity index (χ3n) is 2.29. The van der Waals surface area contributed by atoms with Gasteiger partial charge in [-0.15, -0.1) is 0 Å². The van der Waals surface area contributed by atoms with Crippen LogP contribution in [0.5, 0.6) is 0 Å². The molecule has 0 aromatic heterocycles. The number of hydrogen-bond donors (Lipinski definition) is 0. The van der Waals surface area contributed by atoms with Gasteiger partial charge in [-0.25, -0.2) is 0 Å². The van der Waals surface area contributed by atoms with Gasteiger partial charge in [-0.05, 0) is 5.92 Å². The van der Waals surface area contributed by atoms with Gasteiger partial charge in [-0.3, -0.25) is 0 Å². The average Bonchev–Trinajstić information content (AvgIpc) is 1.89. The molecule has 0 aromatic carbocycles. The van der Waals surface area contributed by atoms with Gasteiger partial charge in [0.1, 0.15) is 7.85 Å². The normalized spacial score (nSPS) is 41.2. The minimum atomic E-state index is 0.654. The molecule has 8 heavy (non-hydrogen) atoms. The molecular weight excluding hydrogens is 94.9 g/mol. The van der Waals surface area contributed by atoms with Crippen molar-refractivity contribution in [1.29, 1.82) is 0 Å². The van der Waals surface area contributed by atoms with Gasteiger partial charge in [0.15, 0.2) is 0 Å². The van der Waals surface area contributed by atoms with Crippen molar-refractivity contribution in [3.63, 3.8) is 0 Å². The van der Waals surface area contributed by atoms with E-state index in [4.69, 9.17) is 1.37 Å². The molecule has 1 saturated carbocycles. The minimum absolute atomic E-state index is 0.654. The highest BCUT2D eigenvalue weighted by molar-refractivity contribution is 6.11. The molecule has 0 amide bonds. The highest BCUT2D eigenvalue weighted by Gasteiger charge is 2.15. The smallest absolute Gasteiger partial charge is 0.0672 e. The number of rotatable bonds is 0. The topological polar surface area (TPSA) is 0 Å². The van der Waals surface area contributed by atoms with Gasteiger partial charge in [0.2, 0.25) is 0 Å². The Morgan fingerprint density at radius 1 is 1.50 bits per heavy atom. The van der Waals surface area contributed by atoms with Crippen molar-refractivity contribution in [2.75, 3.05) is 0 Å². The molecule has 1 fully saturated rings. The van der Waals surface area contributed by atoms with Crippen LogP contribution in [0.3, 0.4) is 0 Å². The lowest BCUT2D eigenvalue weighted by Crippen LogP contribution is -2.10. The standard InChI is InChI=1S/C7H15B/c1-6-4-2-3-5-7(6)8/h6-7H,2-5,8H2,1H3/i1D. The van der Waals surface area contributed by atoms with E-state index in [2.05, 4.69) is 7.85 Å². The maximum absolute atomic E-state index is 7.23. The van der Waals surface area contributed by atoms with Crippen LogP contribution in [0.15, 0.2) is 0 Å². The summed E-state index contributed by atoms with van der Waals surface area (Å²) in [5.41, 5.74) is 0. The molecule has 46 valence electrons. The van der Waals surface area contributed by atoms with Gasteiger partial charge >= 0.3 is 0 Å². The first kappa shape index (κ1) is 4.90. The second-order valence-corrected chi connectivity index (χ2v) is 3.02. The molecule has 0 spiro atoms. The Morgan fingerprint density at radius 2 is 2.25 bits per heavy atom. The zero-order valence-corrected chi connectivity index (χ0v) is 5.69. The van der Waals surface area contributed by atoms with Gasteiger partial charge in [-0.2, -0.15) is 0 Å². The molecule has 1 heteroatoms. The first-order valence-electron chi connectivity index (χ1n) is 4.34. The summed E-state index contributed by atoms with van der Waals surface area (Å²) >= 11 is 0. The highest BCUT2D eigenvalue weighted by Crippen LogP contribution is 2.31. The van der Waals surface area contributed by atoms with E-state index in [-0.39, 0.29) is 0 Å². The Balaban J connectivity index is 2.30. The second-order valence-electron chi connectivity index (χ2n) is 3.02. The van der Waals surface area contributed by atoms with Crippen LogP contribution in [0.2, 0.25) is 5.82 Å². The molecule has 0 saturated heterocycles. The van der Waals surface area contributed by atoms with Crippen LogP contribution < -0.4 is 0 Å². The first-order valence-corrected chi connectivity index (χ1v) is 3.64. The zero-order valence-electron chi connectivity index (χ0n) is 6.69. The van der Waals surface area contributed by atoms with E-state index in [1.54, 1.807) is 0 Å². The van der Waals surface area contributed by atoms with E-state index in [1.165, 1.54) is 25.7 Å². The summed E-state index contributed by atoms with van der Waals surface area (Å²) in [6, 6.07) is 0. The van der Waals surface area contributed by atoms with E-state index in [0.29, 0.717) is 6.90 Å². The van der Waals surface area contributed by atoms with Crippen LogP contribution >= 0.6 is 0 Å². The molecule has 0 bridgehead atoms. The van der Waals surface area contributed by atoms with Gasteiger partial charge in [0.05, 0.1) is 0 Å². The predicted octanol–water partition coefficient (Wildman–Crippen LogP) is 1.62. The highest BCUT2D eigenvalue weighted by atomic mass is 14.2. The fourth-order valence-corrected chi connectivity index (χ4v) is 1.39.